The van der Waals surface area contributed by atoms with Crippen molar-refractivity contribution in [3.8, 4) is 0 Å². The van der Waals surface area contributed by atoms with Crippen LogP contribution < -0.4 is 0 Å². The second-order valence-electron chi connectivity index (χ2n) is 8.22. The van der Waals surface area contributed by atoms with Crippen molar-refractivity contribution in [2.24, 2.45) is 17.3 Å². The molecule has 0 aromatic heterocycles. The third kappa shape index (κ3) is 3.76. The summed E-state index contributed by atoms with van der Waals surface area (Å²) in [6.07, 6.45) is 7.17. The molecule has 2 aliphatic rings. The summed E-state index contributed by atoms with van der Waals surface area (Å²) in [5.74, 6) is 1.67. The maximum atomic E-state index is 10.2. The fourth-order valence-electron chi connectivity index (χ4n) is 3.99. The lowest BCUT2D eigenvalue weighted by molar-refractivity contribution is -0.0309. The zero-order chi connectivity index (χ0) is 14.9. The van der Waals surface area contributed by atoms with Gasteiger partial charge in [-0.1, -0.05) is 27.2 Å². The fourth-order valence-corrected chi connectivity index (χ4v) is 3.99. The first kappa shape index (κ1) is 16.3. The van der Waals surface area contributed by atoms with Gasteiger partial charge in [-0.25, -0.2) is 0 Å². The highest BCUT2D eigenvalue weighted by Crippen LogP contribution is 2.44. The van der Waals surface area contributed by atoms with Gasteiger partial charge in [0.2, 0.25) is 0 Å². The molecule has 0 bridgehead atoms. The van der Waals surface area contributed by atoms with E-state index in [2.05, 4.69) is 39.5 Å². The first-order chi connectivity index (χ1) is 9.35. The van der Waals surface area contributed by atoms with Gasteiger partial charge in [-0.3, -0.25) is 4.90 Å². The lowest BCUT2D eigenvalue weighted by atomic mass is 9.66. The maximum Gasteiger partial charge on any atom is 0.0555 e. The number of hydrogen-bond acceptors (Lipinski definition) is 2. The molecular formula is C18H35NO. The zero-order valence-electron chi connectivity index (χ0n) is 14.2. The molecule has 2 fully saturated rings. The van der Waals surface area contributed by atoms with Crippen LogP contribution in [0, 0.1) is 17.3 Å². The minimum atomic E-state index is -0.0793. The molecule has 0 aliphatic heterocycles. The molecular weight excluding hydrogens is 246 g/mol. The number of rotatable bonds is 6. The van der Waals surface area contributed by atoms with Gasteiger partial charge in [0.15, 0.2) is 0 Å². The highest BCUT2D eigenvalue weighted by molar-refractivity contribution is 4.95. The third-order valence-electron chi connectivity index (χ3n) is 5.96. The van der Waals surface area contributed by atoms with Crippen molar-refractivity contribution >= 4 is 0 Å². The van der Waals surface area contributed by atoms with Crippen molar-refractivity contribution in [3.05, 3.63) is 0 Å². The SMILES string of the molecule is CCC(C)(C)C1CCC(O)CC1N(CC1CC1)C(C)C. The molecule has 0 aromatic rings. The van der Waals surface area contributed by atoms with Crippen LogP contribution in [0.2, 0.25) is 0 Å². The number of hydrogen-bond donors (Lipinski definition) is 1. The second kappa shape index (κ2) is 6.36. The van der Waals surface area contributed by atoms with Gasteiger partial charge < -0.3 is 5.11 Å². The van der Waals surface area contributed by atoms with Crippen molar-refractivity contribution in [2.75, 3.05) is 6.54 Å². The molecule has 0 amide bonds. The summed E-state index contributed by atoms with van der Waals surface area (Å²) < 4.78 is 0. The molecule has 0 heterocycles. The Kier molecular flexibility index (Phi) is 5.18. The Balaban J connectivity index is 2.16. The first-order valence-corrected chi connectivity index (χ1v) is 8.79. The van der Waals surface area contributed by atoms with Crippen LogP contribution in [0.3, 0.4) is 0 Å². The Morgan fingerprint density at radius 2 is 1.80 bits per heavy atom. The van der Waals surface area contributed by atoms with E-state index in [0.717, 1.165) is 24.7 Å². The number of nitrogens with zero attached hydrogens (tertiary/aromatic N) is 1. The summed E-state index contributed by atoms with van der Waals surface area (Å²) in [6, 6.07) is 1.18. The van der Waals surface area contributed by atoms with Crippen molar-refractivity contribution in [1.82, 2.24) is 4.90 Å². The Bertz CT molecular complexity index is 309. The van der Waals surface area contributed by atoms with Crippen LogP contribution >= 0.6 is 0 Å². The molecule has 118 valence electrons. The Morgan fingerprint density at radius 3 is 2.30 bits per heavy atom. The lowest BCUT2D eigenvalue weighted by Gasteiger charge is -2.49. The van der Waals surface area contributed by atoms with E-state index in [0.29, 0.717) is 17.5 Å². The van der Waals surface area contributed by atoms with Crippen LogP contribution in [-0.4, -0.2) is 34.7 Å². The average Bonchev–Trinajstić information content (AvgIpc) is 3.19. The van der Waals surface area contributed by atoms with Crippen LogP contribution in [0.4, 0.5) is 0 Å². The van der Waals surface area contributed by atoms with E-state index >= 15 is 0 Å². The van der Waals surface area contributed by atoms with E-state index in [4.69, 9.17) is 0 Å². The highest BCUT2D eigenvalue weighted by atomic mass is 16.3. The van der Waals surface area contributed by atoms with Gasteiger partial charge in [0.25, 0.3) is 0 Å². The molecule has 3 atom stereocenters. The molecule has 0 spiro atoms. The summed E-state index contributed by atoms with van der Waals surface area (Å²) in [7, 11) is 0. The zero-order valence-corrected chi connectivity index (χ0v) is 14.2. The largest absolute Gasteiger partial charge is 0.393 e. The van der Waals surface area contributed by atoms with E-state index in [1.54, 1.807) is 0 Å². The molecule has 0 saturated heterocycles. The van der Waals surface area contributed by atoms with Crippen LogP contribution in [0.25, 0.3) is 0 Å². The van der Waals surface area contributed by atoms with E-state index in [-0.39, 0.29) is 6.10 Å². The topological polar surface area (TPSA) is 23.5 Å². The number of aliphatic hydroxyl groups is 1. The predicted molar refractivity (Wildman–Crippen MR) is 85.8 cm³/mol. The number of aliphatic hydroxyl groups excluding tert-OH is 1. The van der Waals surface area contributed by atoms with Gasteiger partial charge >= 0.3 is 0 Å². The van der Waals surface area contributed by atoms with Crippen molar-refractivity contribution in [2.45, 2.75) is 91.3 Å². The molecule has 3 unspecified atom stereocenters. The Hall–Kier alpha value is -0.0800. The molecule has 20 heavy (non-hydrogen) atoms. The summed E-state index contributed by atoms with van der Waals surface area (Å²) in [4.78, 5) is 2.72. The summed E-state index contributed by atoms with van der Waals surface area (Å²) in [5.41, 5.74) is 0.390. The molecule has 2 heteroatoms. The van der Waals surface area contributed by atoms with Crippen LogP contribution in [-0.2, 0) is 0 Å². The maximum absolute atomic E-state index is 10.2. The lowest BCUT2D eigenvalue weighted by Crippen LogP contribution is -2.53. The summed E-state index contributed by atoms with van der Waals surface area (Å²) in [6.45, 7) is 13.1. The first-order valence-electron chi connectivity index (χ1n) is 8.79. The van der Waals surface area contributed by atoms with E-state index in [9.17, 15) is 5.11 Å². The van der Waals surface area contributed by atoms with Crippen molar-refractivity contribution in [1.29, 1.82) is 0 Å². The van der Waals surface area contributed by atoms with Gasteiger partial charge in [0, 0.05) is 18.6 Å². The smallest absolute Gasteiger partial charge is 0.0555 e. The van der Waals surface area contributed by atoms with E-state index in [1.165, 1.54) is 32.2 Å². The Labute approximate surface area is 125 Å². The fraction of sp³-hybridized carbons (Fsp3) is 1.00. The van der Waals surface area contributed by atoms with Crippen molar-refractivity contribution < 1.29 is 5.11 Å². The minimum absolute atomic E-state index is 0.0793. The highest BCUT2D eigenvalue weighted by Gasteiger charge is 2.42. The monoisotopic (exact) mass is 281 g/mol. The van der Waals surface area contributed by atoms with Crippen LogP contribution in [0.15, 0.2) is 0 Å². The quantitative estimate of drug-likeness (QED) is 0.793. The minimum Gasteiger partial charge on any atom is -0.393 e. The predicted octanol–water partition coefficient (Wildman–Crippen LogP) is 4.07. The Morgan fingerprint density at radius 1 is 1.15 bits per heavy atom. The average molecular weight is 281 g/mol. The molecule has 0 radical (unpaired) electrons. The van der Waals surface area contributed by atoms with Crippen LogP contribution in [0.1, 0.15) is 73.1 Å². The van der Waals surface area contributed by atoms with E-state index < -0.39 is 0 Å². The summed E-state index contributed by atoms with van der Waals surface area (Å²) in [5, 5.41) is 10.2. The van der Waals surface area contributed by atoms with Crippen molar-refractivity contribution in [3.63, 3.8) is 0 Å². The summed E-state index contributed by atoms with van der Waals surface area (Å²) >= 11 is 0. The van der Waals surface area contributed by atoms with E-state index in [1.807, 2.05) is 0 Å². The molecule has 2 aliphatic carbocycles. The third-order valence-corrected chi connectivity index (χ3v) is 5.96. The van der Waals surface area contributed by atoms with Gasteiger partial charge in [-0.05, 0) is 63.2 Å². The van der Waals surface area contributed by atoms with Crippen LogP contribution in [0.5, 0.6) is 0 Å². The van der Waals surface area contributed by atoms with Gasteiger partial charge in [-0.15, -0.1) is 0 Å². The molecule has 1 N–H and O–H groups in total. The molecule has 0 aromatic carbocycles. The molecule has 2 rings (SSSR count). The molecule has 2 nitrogen and oxygen atoms in total. The van der Waals surface area contributed by atoms with Gasteiger partial charge in [-0.2, -0.15) is 0 Å². The van der Waals surface area contributed by atoms with Gasteiger partial charge in [0.05, 0.1) is 6.10 Å². The second-order valence-corrected chi connectivity index (χ2v) is 8.22. The van der Waals surface area contributed by atoms with Gasteiger partial charge in [0.1, 0.15) is 0 Å². The normalized spacial score (nSPS) is 32.1. The molecule has 2 saturated carbocycles. The standard InChI is InChI=1S/C18H35NO/c1-6-18(4,5)16-10-9-15(20)11-17(16)19(13(2)3)12-14-7-8-14/h13-17,20H,6-12H2,1-5H3.